The molecule has 0 radical (unpaired) electrons. The number of hydrogen-bond acceptors (Lipinski definition) is 2. The first-order valence-electron chi connectivity index (χ1n) is 6.54. The number of ether oxygens (including phenoxy) is 2. The van der Waals surface area contributed by atoms with Gasteiger partial charge in [-0.05, 0) is 0 Å². The van der Waals surface area contributed by atoms with E-state index >= 15 is 0 Å². The van der Waals surface area contributed by atoms with Crippen molar-refractivity contribution in [2.75, 3.05) is 0 Å². The Kier molecular flexibility index (Phi) is 7.70. The zero-order chi connectivity index (χ0) is 26.6. The SMILES string of the molecule is FC(F)C(F)(F)C(F)(F)OC(F)(C(F)(F)F)C(F)(OC(F)(F)C(F)(F)C(F)F)C(F)(F)F. The first-order valence-corrected chi connectivity index (χ1v) is 6.54. The Bertz CT molecular complexity index is 594. The molecule has 32 heavy (non-hydrogen) atoms. The Morgan fingerprint density at radius 3 is 0.688 bits per heavy atom. The van der Waals surface area contributed by atoms with E-state index in [0.29, 0.717) is 0 Å². The predicted octanol–water partition coefficient (Wildman–Crippen LogP) is 6.46. The molecule has 2 nitrogen and oxygen atoms in total. The number of hydrogen-bond donors (Lipinski definition) is 0. The number of halogens is 20. The number of alkyl halides is 20. The largest absolute Gasteiger partial charge is 0.455 e. The highest BCUT2D eigenvalue weighted by atomic mass is 19.4. The van der Waals surface area contributed by atoms with Crippen molar-refractivity contribution in [3.63, 3.8) is 0 Å². The summed E-state index contributed by atoms with van der Waals surface area (Å²) >= 11 is 0. The van der Waals surface area contributed by atoms with Crippen LogP contribution < -0.4 is 0 Å². The fourth-order valence-corrected chi connectivity index (χ4v) is 1.35. The Hall–Kier alpha value is -1.48. The van der Waals surface area contributed by atoms with Gasteiger partial charge in [0.2, 0.25) is 0 Å². The fraction of sp³-hybridized carbons (Fsp3) is 1.00. The molecule has 2 atom stereocenters. The van der Waals surface area contributed by atoms with E-state index in [2.05, 4.69) is 0 Å². The zero-order valence-electron chi connectivity index (χ0n) is 13.5. The first-order chi connectivity index (χ1) is 13.6. The lowest BCUT2D eigenvalue weighted by Gasteiger charge is -2.43. The highest BCUT2D eigenvalue weighted by molar-refractivity contribution is 5.02. The summed E-state index contributed by atoms with van der Waals surface area (Å²) in [6.45, 7) is 0. The van der Waals surface area contributed by atoms with Gasteiger partial charge in [-0.1, -0.05) is 0 Å². The van der Waals surface area contributed by atoms with Crippen molar-refractivity contribution in [3.8, 4) is 0 Å². The molecule has 0 bridgehead atoms. The lowest BCUT2D eigenvalue weighted by atomic mass is 10.1. The summed E-state index contributed by atoms with van der Waals surface area (Å²) in [7, 11) is 0. The lowest BCUT2D eigenvalue weighted by molar-refractivity contribution is -0.562. The molecule has 0 heterocycles. The van der Waals surface area contributed by atoms with Gasteiger partial charge in [0.25, 0.3) is 0 Å². The van der Waals surface area contributed by atoms with E-state index < -0.39 is 61.0 Å². The molecular formula is C10H2F20O2. The third-order valence-corrected chi connectivity index (χ3v) is 3.00. The van der Waals surface area contributed by atoms with E-state index in [1.807, 2.05) is 0 Å². The summed E-state index contributed by atoms with van der Waals surface area (Å²) in [5.74, 6) is -31.8. The summed E-state index contributed by atoms with van der Waals surface area (Å²) in [5.41, 5.74) is 0. The van der Waals surface area contributed by atoms with E-state index in [0.717, 1.165) is 0 Å². The smallest absolute Gasteiger partial charge is 0.265 e. The summed E-state index contributed by atoms with van der Waals surface area (Å²) in [6.07, 6.45) is -44.0. The third kappa shape index (κ3) is 4.74. The Morgan fingerprint density at radius 1 is 0.375 bits per heavy atom. The van der Waals surface area contributed by atoms with E-state index in [9.17, 15) is 87.8 Å². The molecule has 0 saturated carbocycles. The van der Waals surface area contributed by atoms with E-state index in [1.165, 1.54) is 9.47 Å². The molecule has 0 saturated heterocycles. The second-order valence-corrected chi connectivity index (χ2v) is 5.27. The van der Waals surface area contributed by atoms with Crippen molar-refractivity contribution < 1.29 is 97.3 Å². The molecule has 0 N–H and O–H groups in total. The average molecular weight is 534 g/mol. The third-order valence-electron chi connectivity index (χ3n) is 3.00. The van der Waals surface area contributed by atoms with Crippen molar-refractivity contribution in [2.45, 2.75) is 61.0 Å². The summed E-state index contributed by atoms with van der Waals surface area (Å²) < 4.78 is 255. The van der Waals surface area contributed by atoms with Gasteiger partial charge >= 0.3 is 61.0 Å². The van der Waals surface area contributed by atoms with E-state index in [1.54, 1.807) is 0 Å². The molecule has 0 spiro atoms. The molecule has 0 amide bonds. The normalized spacial score (nSPS) is 19.3. The fourth-order valence-electron chi connectivity index (χ4n) is 1.35. The molecule has 22 heteroatoms. The Morgan fingerprint density at radius 2 is 0.562 bits per heavy atom. The minimum atomic E-state index is -8.47. The first kappa shape index (κ1) is 30.5. The van der Waals surface area contributed by atoms with Crippen molar-refractivity contribution in [1.82, 2.24) is 0 Å². The Balaban J connectivity index is 7.04. The quantitative estimate of drug-likeness (QED) is 0.317. The molecule has 0 fully saturated rings. The van der Waals surface area contributed by atoms with Crippen LogP contribution >= 0.6 is 0 Å². The second kappa shape index (κ2) is 8.08. The van der Waals surface area contributed by atoms with Gasteiger partial charge in [0.05, 0.1) is 0 Å². The number of rotatable bonds is 9. The van der Waals surface area contributed by atoms with Gasteiger partial charge in [0.15, 0.2) is 0 Å². The maximum Gasteiger partial charge on any atom is 0.455 e. The van der Waals surface area contributed by atoms with Gasteiger partial charge in [0.1, 0.15) is 0 Å². The summed E-state index contributed by atoms with van der Waals surface area (Å²) in [6, 6.07) is 0. The molecule has 0 aliphatic carbocycles. The van der Waals surface area contributed by atoms with Gasteiger partial charge in [-0.3, -0.25) is 9.47 Å². The average Bonchev–Trinajstić information content (AvgIpc) is 2.50. The molecule has 0 aliphatic rings. The van der Waals surface area contributed by atoms with Crippen LogP contribution in [0.4, 0.5) is 87.8 Å². The second-order valence-electron chi connectivity index (χ2n) is 5.27. The molecule has 0 aromatic carbocycles. The lowest BCUT2D eigenvalue weighted by Crippen LogP contribution is -2.72. The van der Waals surface area contributed by atoms with Gasteiger partial charge in [-0.15, -0.1) is 0 Å². The molecule has 0 aromatic rings. The molecular weight excluding hydrogens is 532 g/mol. The van der Waals surface area contributed by atoms with Crippen LogP contribution in [-0.4, -0.2) is 61.0 Å². The predicted molar refractivity (Wildman–Crippen MR) is 53.8 cm³/mol. The molecule has 2 unspecified atom stereocenters. The standard InChI is InChI=1S/C10H2F20O2/c11-1(12)3(15,16)9(27,28)31-5(19,7(21,22)23)6(20,8(24,25)26)32-10(29,30)4(17,18)2(13)14/h1-2H. The van der Waals surface area contributed by atoms with E-state index in [4.69, 9.17) is 0 Å². The van der Waals surface area contributed by atoms with Crippen LogP contribution in [0.3, 0.4) is 0 Å². The summed E-state index contributed by atoms with van der Waals surface area (Å²) in [5, 5.41) is 0. The van der Waals surface area contributed by atoms with Crippen LogP contribution in [0.1, 0.15) is 0 Å². The van der Waals surface area contributed by atoms with Gasteiger partial charge in [0, 0.05) is 0 Å². The molecule has 0 aliphatic heterocycles. The highest BCUT2D eigenvalue weighted by Crippen LogP contribution is 2.59. The van der Waals surface area contributed by atoms with Crippen molar-refractivity contribution in [1.29, 1.82) is 0 Å². The van der Waals surface area contributed by atoms with Crippen LogP contribution in [0.5, 0.6) is 0 Å². The maximum absolute atomic E-state index is 13.9. The van der Waals surface area contributed by atoms with Crippen molar-refractivity contribution in [2.24, 2.45) is 0 Å². The van der Waals surface area contributed by atoms with Gasteiger partial charge < -0.3 is 0 Å². The van der Waals surface area contributed by atoms with Crippen LogP contribution in [-0.2, 0) is 9.47 Å². The minimum Gasteiger partial charge on any atom is -0.265 e. The maximum atomic E-state index is 13.9. The highest BCUT2D eigenvalue weighted by Gasteiger charge is 2.89. The Labute approximate surface area is 160 Å². The van der Waals surface area contributed by atoms with Crippen LogP contribution in [0.25, 0.3) is 0 Å². The minimum absolute atomic E-state index is 1.19. The van der Waals surface area contributed by atoms with E-state index in [-0.39, 0.29) is 0 Å². The monoisotopic (exact) mass is 534 g/mol. The molecule has 0 rings (SSSR count). The summed E-state index contributed by atoms with van der Waals surface area (Å²) in [4.78, 5) is 0. The zero-order valence-corrected chi connectivity index (χ0v) is 13.5. The van der Waals surface area contributed by atoms with Gasteiger partial charge in [-0.2, -0.15) is 70.2 Å². The van der Waals surface area contributed by atoms with Crippen LogP contribution in [0.2, 0.25) is 0 Å². The van der Waals surface area contributed by atoms with Crippen molar-refractivity contribution in [3.05, 3.63) is 0 Å². The van der Waals surface area contributed by atoms with Crippen LogP contribution in [0.15, 0.2) is 0 Å². The van der Waals surface area contributed by atoms with Crippen LogP contribution in [0, 0.1) is 0 Å². The van der Waals surface area contributed by atoms with Gasteiger partial charge in [-0.25, -0.2) is 17.6 Å². The molecule has 194 valence electrons. The topological polar surface area (TPSA) is 18.5 Å². The molecule has 0 aromatic heterocycles. The van der Waals surface area contributed by atoms with Crippen molar-refractivity contribution >= 4 is 0 Å².